The Labute approximate surface area is 111 Å². The van der Waals surface area contributed by atoms with Crippen LogP contribution in [0.2, 0.25) is 0 Å². The summed E-state index contributed by atoms with van der Waals surface area (Å²) in [5.74, 6) is 0.00959. The van der Waals surface area contributed by atoms with Gasteiger partial charge >= 0.3 is 6.18 Å². The van der Waals surface area contributed by atoms with Gasteiger partial charge in [-0.05, 0) is 24.3 Å². The molecule has 0 atom stereocenters. The summed E-state index contributed by atoms with van der Waals surface area (Å²) in [5, 5.41) is 11.0. The largest absolute Gasteiger partial charge is 0.416 e. The highest BCUT2D eigenvalue weighted by molar-refractivity contribution is 5.80. The maximum Gasteiger partial charge on any atom is 0.416 e. The maximum atomic E-state index is 12.6. The van der Waals surface area contributed by atoms with Crippen LogP contribution in [0.15, 0.2) is 36.5 Å². The Hall–Kier alpha value is -2.64. The molecule has 0 radical (unpaired) electrons. The van der Waals surface area contributed by atoms with E-state index in [-0.39, 0.29) is 16.9 Å². The first-order chi connectivity index (χ1) is 9.30. The lowest BCUT2D eigenvalue weighted by molar-refractivity contribution is -0.384. The molecule has 104 valence electrons. The van der Waals surface area contributed by atoms with Gasteiger partial charge in [-0.15, -0.1) is 0 Å². The third kappa shape index (κ3) is 2.53. The highest BCUT2D eigenvalue weighted by Gasteiger charge is 2.33. The number of halogens is 3. The number of benzene rings is 1. The quantitative estimate of drug-likeness (QED) is 0.677. The van der Waals surface area contributed by atoms with Crippen LogP contribution in [0.5, 0.6) is 0 Å². The van der Waals surface area contributed by atoms with Crippen molar-refractivity contribution in [3.8, 4) is 11.1 Å². The number of anilines is 1. The average molecular weight is 283 g/mol. The van der Waals surface area contributed by atoms with Crippen LogP contribution in [-0.2, 0) is 6.18 Å². The first kappa shape index (κ1) is 13.8. The Morgan fingerprint density at radius 1 is 1.20 bits per heavy atom. The Morgan fingerprint density at radius 2 is 1.90 bits per heavy atom. The monoisotopic (exact) mass is 283 g/mol. The van der Waals surface area contributed by atoms with E-state index in [9.17, 15) is 23.3 Å². The number of nitro benzene ring substituents is 1. The minimum absolute atomic E-state index is 0.00593. The number of rotatable bonds is 2. The van der Waals surface area contributed by atoms with Gasteiger partial charge in [0.25, 0.3) is 5.69 Å². The maximum absolute atomic E-state index is 12.6. The Bertz CT molecular complexity index is 671. The van der Waals surface area contributed by atoms with E-state index in [2.05, 4.69) is 4.98 Å². The number of nitrogens with two attached hydrogens (primary N) is 1. The predicted molar refractivity (Wildman–Crippen MR) is 65.7 cm³/mol. The Kier molecular flexibility index (Phi) is 3.31. The smallest absolute Gasteiger partial charge is 0.383 e. The van der Waals surface area contributed by atoms with E-state index in [4.69, 9.17) is 5.73 Å². The van der Waals surface area contributed by atoms with Gasteiger partial charge in [0.05, 0.1) is 16.1 Å². The molecule has 0 aliphatic carbocycles. The van der Waals surface area contributed by atoms with Crippen molar-refractivity contribution in [1.29, 1.82) is 0 Å². The zero-order valence-corrected chi connectivity index (χ0v) is 9.89. The van der Waals surface area contributed by atoms with E-state index >= 15 is 0 Å². The topological polar surface area (TPSA) is 82.0 Å². The molecule has 20 heavy (non-hydrogen) atoms. The summed E-state index contributed by atoms with van der Waals surface area (Å²) in [5.41, 5.74) is 4.04. The van der Waals surface area contributed by atoms with Crippen LogP contribution in [0.4, 0.5) is 24.7 Å². The third-order valence-corrected chi connectivity index (χ3v) is 2.65. The van der Waals surface area contributed by atoms with E-state index < -0.39 is 22.4 Å². The van der Waals surface area contributed by atoms with Gasteiger partial charge in [-0.25, -0.2) is 4.98 Å². The van der Waals surface area contributed by atoms with Crippen molar-refractivity contribution in [2.24, 2.45) is 0 Å². The van der Waals surface area contributed by atoms with Crippen molar-refractivity contribution in [2.75, 3.05) is 5.73 Å². The summed E-state index contributed by atoms with van der Waals surface area (Å²) in [6.45, 7) is 0. The molecule has 1 aromatic carbocycles. The van der Waals surface area contributed by atoms with E-state index in [1.54, 1.807) is 0 Å². The predicted octanol–water partition coefficient (Wildman–Crippen LogP) is 3.26. The third-order valence-electron chi connectivity index (χ3n) is 2.65. The Balaban J connectivity index is 2.66. The lowest BCUT2D eigenvalue weighted by Crippen LogP contribution is -2.06. The van der Waals surface area contributed by atoms with E-state index in [0.29, 0.717) is 6.07 Å². The van der Waals surface area contributed by atoms with Gasteiger partial charge in [-0.3, -0.25) is 10.1 Å². The molecule has 1 heterocycles. The molecule has 1 aromatic heterocycles. The highest BCUT2D eigenvalue weighted by Crippen LogP contribution is 2.37. The molecule has 0 bridgehead atoms. The number of aromatic nitrogens is 1. The molecule has 0 saturated carbocycles. The lowest BCUT2D eigenvalue weighted by atomic mass is 10.0. The van der Waals surface area contributed by atoms with Gasteiger partial charge in [0.2, 0.25) is 0 Å². The molecule has 2 rings (SSSR count). The van der Waals surface area contributed by atoms with Crippen LogP contribution in [0, 0.1) is 10.1 Å². The van der Waals surface area contributed by atoms with Crippen molar-refractivity contribution in [3.63, 3.8) is 0 Å². The number of hydrogen-bond acceptors (Lipinski definition) is 4. The minimum atomic E-state index is -4.65. The zero-order chi connectivity index (χ0) is 14.9. The number of nitrogens with zero attached hydrogens (tertiary/aromatic N) is 2. The fourth-order valence-electron chi connectivity index (χ4n) is 1.73. The summed E-state index contributed by atoms with van der Waals surface area (Å²) in [7, 11) is 0. The molecule has 0 aliphatic heterocycles. The minimum Gasteiger partial charge on any atom is -0.383 e. The first-order valence-corrected chi connectivity index (χ1v) is 5.37. The number of pyridine rings is 1. The van der Waals surface area contributed by atoms with Gasteiger partial charge in [-0.2, -0.15) is 13.2 Å². The van der Waals surface area contributed by atoms with Crippen LogP contribution in [-0.4, -0.2) is 9.91 Å². The second kappa shape index (κ2) is 4.80. The van der Waals surface area contributed by atoms with Crippen molar-refractivity contribution in [2.45, 2.75) is 6.18 Å². The fraction of sp³-hybridized carbons (Fsp3) is 0.0833. The molecule has 0 aliphatic rings. The Morgan fingerprint density at radius 3 is 2.45 bits per heavy atom. The molecular formula is C12H8F3N3O2. The van der Waals surface area contributed by atoms with Crippen LogP contribution in [0.25, 0.3) is 11.1 Å². The number of alkyl halides is 3. The van der Waals surface area contributed by atoms with Crippen molar-refractivity contribution in [1.82, 2.24) is 4.98 Å². The number of nitrogen functional groups attached to an aromatic ring is 1. The summed E-state index contributed by atoms with van der Waals surface area (Å²) in [4.78, 5) is 13.8. The van der Waals surface area contributed by atoms with Crippen LogP contribution in [0.3, 0.4) is 0 Å². The van der Waals surface area contributed by atoms with Crippen molar-refractivity contribution in [3.05, 3.63) is 52.2 Å². The highest BCUT2D eigenvalue weighted by atomic mass is 19.4. The molecule has 2 aromatic rings. The van der Waals surface area contributed by atoms with Gasteiger partial charge in [-0.1, -0.05) is 0 Å². The molecule has 0 unspecified atom stereocenters. The standard InChI is InChI=1S/C12H8F3N3O2/c13-12(14,15)7-3-4-8(10(6-7)18(19)20)9-2-1-5-17-11(9)16/h1-6H,(H2,16,17). The van der Waals surface area contributed by atoms with Crippen LogP contribution >= 0.6 is 0 Å². The van der Waals surface area contributed by atoms with Gasteiger partial charge in [0.15, 0.2) is 0 Å². The summed E-state index contributed by atoms with van der Waals surface area (Å²) >= 11 is 0. The average Bonchev–Trinajstić information content (AvgIpc) is 2.37. The molecular weight excluding hydrogens is 275 g/mol. The van der Waals surface area contributed by atoms with E-state index in [0.717, 1.165) is 12.1 Å². The van der Waals surface area contributed by atoms with Crippen molar-refractivity contribution < 1.29 is 18.1 Å². The summed E-state index contributed by atoms with van der Waals surface area (Å²) < 4.78 is 37.8. The van der Waals surface area contributed by atoms with Gasteiger partial charge in [0, 0.05) is 17.8 Å². The fourth-order valence-corrected chi connectivity index (χ4v) is 1.73. The molecule has 0 saturated heterocycles. The zero-order valence-electron chi connectivity index (χ0n) is 9.89. The molecule has 0 amide bonds. The van der Waals surface area contributed by atoms with Gasteiger partial charge < -0.3 is 5.73 Å². The second-order valence-corrected chi connectivity index (χ2v) is 3.92. The SMILES string of the molecule is Nc1ncccc1-c1ccc(C(F)(F)F)cc1[N+](=O)[O-]. The summed E-state index contributed by atoms with van der Waals surface area (Å²) in [6.07, 6.45) is -3.27. The van der Waals surface area contributed by atoms with Crippen LogP contribution < -0.4 is 5.73 Å². The molecule has 0 spiro atoms. The first-order valence-electron chi connectivity index (χ1n) is 5.37. The summed E-state index contributed by atoms with van der Waals surface area (Å²) in [6, 6.07) is 5.23. The number of nitro groups is 1. The molecule has 0 fully saturated rings. The molecule has 5 nitrogen and oxygen atoms in total. The second-order valence-electron chi connectivity index (χ2n) is 3.92. The number of hydrogen-bond donors (Lipinski definition) is 1. The van der Waals surface area contributed by atoms with Crippen molar-refractivity contribution >= 4 is 11.5 Å². The molecule has 8 heteroatoms. The van der Waals surface area contributed by atoms with E-state index in [1.807, 2.05) is 0 Å². The van der Waals surface area contributed by atoms with Gasteiger partial charge in [0.1, 0.15) is 5.82 Å². The van der Waals surface area contributed by atoms with Crippen LogP contribution in [0.1, 0.15) is 5.56 Å². The molecule has 2 N–H and O–H groups in total. The van der Waals surface area contributed by atoms with E-state index in [1.165, 1.54) is 18.3 Å². The lowest BCUT2D eigenvalue weighted by Gasteiger charge is -2.09. The normalized spacial score (nSPS) is 11.3.